The molecular formula is C5H9N3O. The van der Waals surface area contributed by atoms with Gasteiger partial charge in [0.05, 0.1) is 6.34 Å². The van der Waals surface area contributed by atoms with Gasteiger partial charge in [0.1, 0.15) is 0 Å². The van der Waals surface area contributed by atoms with Crippen molar-refractivity contribution >= 4 is 12.4 Å². The molecule has 1 heterocycles. The van der Waals surface area contributed by atoms with Gasteiger partial charge in [-0.2, -0.15) is 0 Å². The molecule has 1 aliphatic rings. The number of carbonyl (C=O) groups excluding carboxylic acids is 1. The summed E-state index contributed by atoms with van der Waals surface area (Å²) < 4.78 is 0. The van der Waals surface area contributed by atoms with Crippen molar-refractivity contribution in [3.05, 3.63) is 0 Å². The molecule has 50 valence electrons. The summed E-state index contributed by atoms with van der Waals surface area (Å²) in [5, 5.41) is 0. The van der Waals surface area contributed by atoms with Crippen LogP contribution in [0.15, 0.2) is 4.99 Å². The van der Waals surface area contributed by atoms with E-state index in [4.69, 9.17) is 5.73 Å². The van der Waals surface area contributed by atoms with Crippen molar-refractivity contribution in [2.45, 2.75) is 6.42 Å². The van der Waals surface area contributed by atoms with Crippen molar-refractivity contribution in [3.63, 3.8) is 0 Å². The molecular weight excluding hydrogens is 118 g/mol. The minimum atomic E-state index is -0.418. The van der Waals surface area contributed by atoms with Gasteiger partial charge in [-0.25, -0.2) is 4.79 Å². The highest BCUT2D eigenvalue weighted by atomic mass is 16.2. The van der Waals surface area contributed by atoms with E-state index in [9.17, 15) is 4.79 Å². The van der Waals surface area contributed by atoms with E-state index in [0.717, 1.165) is 13.0 Å². The molecule has 0 spiro atoms. The van der Waals surface area contributed by atoms with Crippen molar-refractivity contribution < 1.29 is 4.79 Å². The fourth-order valence-electron chi connectivity index (χ4n) is 0.713. The molecule has 0 unspecified atom stereocenters. The standard InChI is InChI=1S/C5H9N3O/c6-5(9)8-3-1-2-7-4-8/h4H,1-3H2,(H2,6,9). The highest BCUT2D eigenvalue weighted by Crippen LogP contribution is 1.94. The Kier molecular flexibility index (Phi) is 1.67. The van der Waals surface area contributed by atoms with Gasteiger partial charge in [0, 0.05) is 13.1 Å². The third-order valence-electron chi connectivity index (χ3n) is 1.19. The summed E-state index contributed by atoms with van der Waals surface area (Å²) in [6.07, 6.45) is 2.41. The van der Waals surface area contributed by atoms with Crippen LogP contribution in [0.5, 0.6) is 0 Å². The van der Waals surface area contributed by atoms with Gasteiger partial charge in [-0.1, -0.05) is 0 Å². The summed E-state index contributed by atoms with van der Waals surface area (Å²) in [5.74, 6) is 0. The van der Waals surface area contributed by atoms with Crippen molar-refractivity contribution in [2.24, 2.45) is 10.7 Å². The molecule has 1 rings (SSSR count). The van der Waals surface area contributed by atoms with Crippen LogP contribution >= 0.6 is 0 Å². The monoisotopic (exact) mass is 127 g/mol. The SMILES string of the molecule is NC(=O)N1C=NCCC1. The van der Waals surface area contributed by atoms with Crippen LogP contribution in [0, 0.1) is 0 Å². The molecule has 2 N–H and O–H groups in total. The van der Waals surface area contributed by atoms with E-state index in [1.165, 1.54) is 11.2 Å². The highest BCUT2D eigenvalue weighted by Gasteiger charge is 2.07. The number of hydrogen-bond acceptors (Lipinski definition) is 2. The predicted molar refractivity (Wildman–Crippen MR) is 34.3 cm³/mol. The van der Waals surface area contributed by atoms with Crippen LogP contribution < -0.4 is 5.73 Å². The average molecular weight is 127 g/mol. The van der Waals surface area contributed by atoms with Gasteiger partial charge in [-0.05, 0) is 6.42 Å². The number of hydrogen-bond donors (Lipinski definition) is 1. The number of rotatable bonds is 0. The second kappa shape index (κ2) is 2.48. The van der Waals surface area contributed by atoms with Crippen molar-refractivity contribution in [1.82, 2.24) is 4.90 Å². The Balaban J connectivity index is 2.50. The molecule has 0 aromatic carbocycles. The zero-order chi connectivity index (χ0) is 6.69. The normalized spacial score (nSPS) is 18.0. The van der Waals surface area contributed by atoms with E-state index in [2.05, 4.69) is 4.99 Å². The first-order valence-electron chi connectivity index (χ1n) is 2.87. The quantitative estimate of drug-likeness (QED) is 0.481. The molecule has 9 heavy (non-hydrogen) atoms. The smallest absolute Gasteiger partial charge is 0.319 e. The van der Waals surface area contributed by atoms with Crippen molar-refractivity contribution in [1.29, 1.82) is 0 Å². The summed E-state index contributed by atoms with van der Waals surface area (Å²) in [5.41, 5.74) is 4.96. The van der Waals surface area contributed by atoms with Gasteiger partial charge >= 0.3 is 6.03 Å². The van der Waals surface area contributed by atoms with Crippen molar-refractivity contribution in [2.75, 3.05) is 13.1 Å². The number of amides is 2. The van der Waals surface area contributed by atoms with Crippen LogP contribution in [0.3, 0.4) is 0 Å². The molecule has 1 aliphatic heterocycles. The summed E-state index contributed by atoms with van der Waals surface area (Å²) >= 11 is 0. The maximum Gasteiger partial charge on any atom is 0.319 e. The zero-order valence-corrected chi connectivity index (χ0v) is 5.08. The maximum absolute atomic E-state index is 10.4. The van der Waals surface area contributed by atoms with Crippen LogP contribution in [0.4, 0.5) is 4.79 Å². The number of nitrogens with zero attached hydrogens (tertiary/aromatic N) is 2. The van der Waals surface area contributed by atoms with Gasteiger partial charge < -0.3 is 5.73 Å². The lowest BCUT2D eigenvalue weighted by Crippen LogP contribution is -2.37. The van der Waals surface area contributed by atoms with Gasteiger partial charge in [0.15, 0.2) is 0 Å². The Morgan fingerprint density at radius 2 is 2.56 bits per heavy atom. The minimum Gasteiger partial charge on any atom is -0.351 e. The molecule has 0 aromatic heterocycles. The minimum absolute atomic E-state index is 0.418. The van der Waals surface area contributed by atoms with Gasteiger partial charge in [-0.3, -0.25) is 9.89 Å². The largest absolute Gasteiger partial charge is 0.351 e. The number of aliphatic imine (C=N–C) groups is 1. The fraction of sp³-hybridized carbons (Fsp3) is 0.600. The molecule has 0 saturated heterocycles. The Hall–Kier alpha value is -1.06. The summed E-state index contributed by atoms with van der Waals surface area (Å²) in [7, 11) is 0. The van der Waals surface area contributed by atoms with E-state index >= 15 is 0 Å². The van der Waals surface area contributed by atoms with Crippen LogP contribution in [0.2, 0.25) is 0 Å². The summed E-state index contributed by atoms with van der Waals surface area (Å²) in [6.45, 7) is 1.52. The molecule has 0 saturated carbocycles. The lowest BCUT2D eigenvalue weighted by molar-refractivity contribution is 0.229. The average Bonchev–Trinajstić information content (AvgIpc) is 1.90. The van der Waals surface area contributed by atoms with Gasteiger partial charge in [0.2, 0.25) is 0 Å². The lowest BCUT2D eigenvalue weighted by Gasteiger charge is -2.16. The molecule has 0 radical (unpaired) electrons. The molecule has 0 atom stereocenters. The number of nitrogens with two attached hydrogens (primary N) is 1. The predicted octanol–water partition coefficient (Wildman–Crippen LogP) is -0.201. The van der Waals surface area contributed by atoms with Crippen LogP contribution in [0.1, 0.15) is 6.42 Å². The maximum atomic E-state index is 10.4. The Morgan fingerprint density at radius 3 is 2.89 bits per heavy atom. The summed E-state index contributed by atoms with van der Waals surface area (Å²) in [4.78, 5) is 15.7. The number of carbonyl (C=O) groups is 1. The molecule has 4 nitrogen and oxygen atoms in total. The Morgan fingerprint density at radius 1 is 1.78 bits per heavy atom. The lowest BCUT2D eigenvalue weighted by atomic mass is 10.4. The van der Waals surface area contributed by atoms with E-state index in [0.29, 0.717) is 6.54 Å². The fourth-order valence-corrected chi connectivity index (χ4v) is 0.713. The van der Waals surface area contributed by atoms with E-state index in [1.54, 1.807) is 0 Å². The van der Waals surface area contributed by atoms with E-state index in [1.807, 2.05) is 0 Å². The highest BCUT2D eigenvalue weighted by molar-refractivity contribution is 5.85. The third-order valence-corrected chi connectivity index (χ3v) is 1.19. The molecule has 2 amide bonds. The molecule has 0 fully saturated rings. The topological polar surface area (TPSA) is 58.7 Å². The first kappa shape index (κ1) is 6.07. The van der Waals surface area contributed by atoms with Crippen LogP contribution in [-0.2, 0) is 0 Å². The van der Waals surface area contributed by atoms with Gasteiger partial charge in [-0.15, -0.1) is 0 Å². The Bertz CT molecular complexity index is 143. The van der Waals surface area contributed by atoms with Crippen LogP contribution in [-0.4, -0.2) is 30.4 Å². The zero-order valence-electron chi connectivity index (χ0n) is 5.08. The second-order valence-corrected chi connectivity index (χ2v) is 1.91. The Labute approximate surface area is 53.3 Å². The number of primary amides is 1. The molecule has 0 aliphatic carbocycles. The number of urea groups is 1. The second-order valence-electron chi connectivity index (χ2n) is 1.91. The summed E-state index contributed by atoms with van der Waals surface area (Å²) in [6, 6.07) is -0.418. The molecule has 4 heteroatoms. The van der Waals surface area contributed by atoms with E-state index in [-0.39, 0.29) is 0 Å². The first-order valence-corrected chi connectivity index (χ1v) is 2.87. The third kappa shape index (κ3) is 1.42. The molecule has 0 bridgehead atoms. The van der Waals surface area contributed by atoms with E-state index < -0.39 is 6.03 Å². The van der Waals surface area contributed by atoms with Crippen LogP contribution in [0.25, 0.3) is 0 Å². The molecule has 0 aromatic rings. The van der Waals surface area contributed by atoms with Gasteiger partial charge in [0.25, 0.3) is 0 Å². The van der Waals surface area contributed by atoms with Crippen molar-refractivity contribution in [3.8, 4) is 0 Å². The first-order chi connectivity index (χ1) is 4.30.